The predicted molar refractivity (Wildman–Crippen MR) is 55.7 cm³/mol. The Kier molecular flexibility index (Phi) is 3.62. The lowest BCUT2D eigenvalue weighted by Gasteiger charge is -2.13. The molecule has 15 heavy (non-hydrogen) atoms. The molecule has 1 rings (SSSR count). The van der Waals surface area contributed by atoms with E-state index in [1.54, 1.807) is 5.38 Å². The molecule has 0 spiro atoms. The summed E-state index contributed by atoms with van der Waals surface area (Å²) in [7, 11) is 1.53. The van der Waals surface area contributed by atoms with Crippen molar-refractivity contribution in [3.8, 4) is 0 Å². The van der Waals surface area contributed by atoms with Crippen molar-refractivity contribution in [1.29, 1.82) is 0 Å². The molecule has 1 aromatic heterocycles. The van der Waals surface area contributed by atoms with Crippen LogP contribution < -0.4 is 5.73 Å². The van der Waals surface area contributed by atoms with Gasteiger partial charge in [-0.15, -0.1) is 11.3 Å². The summed E-state index contributed by atoms with van der Waals surface area (Å²) >= 11 is 1.18. The van der Waals surface area contributed by atoms with Crippen LogP contribution in [0.4, 0.5) is 5.13 Å². The molecule has 0 atom stereocenters. The first-order valence-corrected chi connectivity index (χ1v) is 5.07. The average molecular weight is 229 g/mol. The Hall–Kier alpha value is -1.63. The number of nitrogen functional groups attached to an aromatic ring is 1. The van der Waals surface area contributed by atoms with E-state index in [2.05, 4.69) is 4.98 Å². The number of amides is 1. The van der Waals surface area contributed by atoms with E-state index in [1.807, 2.05) is 0 Å². The summed E-state index contributed by atoms with van der Waals surface area (Å²) in [6.07, 6.45) is -0.0815. The summed E-state index contributed by atoms with van der Waals surface area (Å²) in [4.78, 5) is 27.0. The van der Waals surface area contributed by atoms with Gasteiger partial charge in [0.1, 0.15) is 5.69 Å². The van der Waals surface area contributed by atoms with Crippen LogP contribution in [0, 0.1) is 0 Å². The van der Waals surface area contributed by atoms with Crippen LogP contribution in [0.25, 0.3) is 0 Å². The van der Waals surface area contributed by atoms with Crippen molar-refractivity contribution in [2.24, 2.45) is 0 Å². The molecule has 1 aromatic rings. The van der Waals surface area contributed by atoms with Gasteiger partial charge in [-0.1, -0.05) is 0 Å². The minimum atomic E-state index is -0.938. The Balaban J connectivity index is 2.57. The van der Waals surface area contributed by atoms with Crippen molar-refractivity contribution in [2.45, 2.75) is 6.42 Å². The van der Waals surface area contributed by atoms with Crippen LogP contribution in [0.5, 0.6) is 0 Å². The van der Waals surface area contributed by atoms with Crippen molar-refractivity contribution in [1.82, 2.24) is 9.88 Å². The number of carbonyl (C=O) groups is 2. The zero-order chi connectivity index (χ0) is 11.4. The molecule has 82 valence electrons. The van der Waals surface area contributed by atoms with Crippen LogP contribution >= 0.6 is 11.3 Å². The van der Waals surface area contributed by atoms with Gasteiger partial charge in [-0.2, -0.15) is 0 Å². The first-order valence-electron chi connectivity index (χ1n) is 4.19. The number of anilines is 1. The summed E-state index contributed by atoms with van der Waals surface area (Å²) in [5.74, 6) is -1.25. The van der Waals surface area contributed by atoms with Crippen LogP contribution in [0.1, 0.15) is 16.9 Å². The molecule has 1 heterocycles. The first kappa shape index (κ1) is 11.4. The zero-order valence-electron chi connectivity index (χ0n) is 8.14. The van der Waals surface area contributed by atoms with Gasteiger partial charge < -0.3 is 15.7 Å². The van der Waals surface area contributed by atoms with Gasteiger partial charge in [0, 0.05) is 19.0 Å². The highest BCUT2D eigenvalue weighted by atomic mass is 32.1. The monoisotopic (exact) mass is 229 g/mol. The van der Waals surface area contributed by atoms with Crippen molar-refractivity contribution < 1.29 is 14.7 Å². The Morgan fingerprint density at radius 2 is 2.33 bits per heavy atom. The maximum atomic E-state index is 11.6. The summed E-state index contributed by atoms with van der Waals surface area (Å²) in [6, 6.07) is 0. The van der Waals surface area contributed by atoms with Crippen molar-refractivity contribution in [3.63, 3.8) is 0 Å². The Morgan fingerprint density at radius 3 is 2.80 bits per heavy atom. The molecule has 0 saturated carbocycles. The Labute approximate surface area is 90.3 Å². The highest BCUT2D eigenvalue weighted by Crippen LogP contribution is 2.12. The SMILES string of the molecule is CN(CCC(=O)O)C(=O)c1csc(N)n1. The highest BCUT2D eigenvalue weighted by molar-refractivity contribution is 7.13. The third-order valence-electron chi connectivity index (χ3n) is 1.75. The number of carbonyl (C=O) groups excluding carboxylic acids is 1. The molecule has 0 aliphatic heterocycles. The van der Waals surface area contributed by atoms with E-state index in [9.17, 15) is 9.59 Å². The van der Waals surface area contributed by atoms with E-state index < -0.39 is 5.97 Å². The van der Waals surface area contributed by atoms with Gasteiger partial charge in [-0.3, -0.25) is 9.59 Å². The molecule has 0 fully saturated rings. The molecular formula is C8H11N3O3S. The van der Waals surface area contributed by atoms with E-state index in [0.29, 0.717) is 5.13 Å². The van der Waals surface area contributed by atoms with Crippen LogP contribution in [-0.4, -0.2) is 40.5 Å². The van der Waals surface area contributed by atoms with Crippen LogP contribution in [0.3, 0.4) is 0 Å². The summed E-state index contributed by atoms with van der Waals surface area (Å²) in [6.45, 7) is 0.158. The number of nitrogens with zero attached hydrogens (tertiary/aromatic N) is 2. The standard InChI is InChI=1S/C8H11N3O3S/c1-11(3-2-6(12)13)7(14)5-4-15-8(9)10-5/h4H,2-3H2,1H3,(H2,9,10)(H,12,13). The molecule has 0 radical (unpaired) electrons. The van der Waals surface area contributed by atoms with Gasteiger partial charge in [0.15, 0.2) is 5.13 Å². The quantitative estimate of drug-likeness (QED) is 0.772. The summed E-state index contributed by atoms with van der Waals surface area (Å²) < 4.78 is 0. The normalized spacial score (nSPS) is 9.93. The van der Waals surface area contributed by atoms with E-state index >= 15 is 0 Å². The fourth-order valence-electron chi connectivity index (χ4n) is 0.946. The van der Waals surface area contributed by atoms with E-state index in [-0.39, 0.29) is 24.6 Å². The van der Waals surface area contributed by atoms with Crippen molar-refractivity contribution >= 4 is 28.3 Å². The second-order valence-corrected chi connectivity index (χ2v) is 3.83. The third-order valence-corrected chi connectivity index (χ3v) is 2.42. The number of aromatic nitrogens is 1. The van der Waals surface area contributed by atoms with E-state index in [0.717, 1.165) is 0 Å². The summed E-state index contributed by atoms with van der Waals surface area (Å²) in [5.41, 5.74) is 5.64. The lowest BCUT2D eigenvalue weighted by atomic mass is 10.3. The number of nitrogens with two attached hydrogens (primary N) is 1. The van der Waals surface area contributed by atoms with Gasteiger partial charge >= 0.3 is 5.97 Å². The number of carboxylic acids is 1. The first-order chi connectivity index (χ1) is 7.00. The predicted octanol–water partition coefficient (Wildman–Crippen LogP) is 0.272. The smallest absolute Gasteiger partial charge is 0.305 e. The fraction of sp³-hybridized carbons (Fsp3) is 0.375. The maximum Gasteiger partial charge on any atom is 0.305 e. The van der Waals surface area contributed by atoms with Gasteiger partial charge in [0.05, 0.1) is 6.42 Å². The lowest BCUT2D eigenvalue weighted by Crippen LogP contribution is -2.29. The minimum absolute atomic E-state index is 0.0815. The minimum Gasteiger partial charge on any atom is -0.481 e. The average Bonchev–Trinajstić information content (AvgIpc) is 2.60. The molecule has 0 aromatic carbocycles. The van der Waals surface area contributed by atoms with Gasteiger partial charge in [-0.05, 0) is 0 Å². The van der Waals surface area contributed by atoms with Crippen LogP contribution in [-0.2, 0) is 4.79 Å². The van der Waals surface area contributed by atoms with Crippen molar-refractivity contribution in [2.75, 3.05) is 19.3 Å². The van der Waals surface area contributed by atoms with E-state index in [4.69, 9.17) is 10.8 Å². The van der Waals surface area contributed by atoms with Crippen molar-refractivity contribution in [3.05, 3.63) is 11.1 Å². The second-order valence-electron chi connectivity index (χ2n) is 2.94. The lowest BCUT2D eigenvalue weighted by molar-refractivity contribution is -0.137. The summed E-state index contributed by atoms with van der Waals surface area (Å²) in [5, 5.41) is 10.3. The largest absolute Gasteiger partial charge is 0.481 e. The second kappa shape index (κ2) is 4.74. The molecular weight excluding hydrogens is 218 g/mol. The molecule has 0 bridgehead atoms. The Morgan fingerprint density at radius 1 is 1.67 bits per heavy atom. The zero-order valence-corrected chi connectivity index (χ0v) is 8.95. The maximum absolute atomic E-state index is 11.6. The fourth-order valence-corrected chi connectivity index (χ4v) is 1.48. The third kappa shape index (κ3) is 3.21. The molecule has 0 aliphatic rings. The van der Waals surface area contributed by atoms with Crippen LogP contribution in [0.15, 0.2) is 5.38 Å². The number of carboxylic acid groups (broad SMARTS) is 1. The number of thiazole rings is 1. The molecule has 3 N–H and O–H groups in total. The van der Waals surface area contributed by atoms with Gasteiger partial charge in [-0.25, -0.2) is 4.98 Å². The number of hydrogen-bond acceptors (Lipinski definition) is 5. The van der Waals surface area contributed by atoms with Crippen LogP contribution in [0.2, 0.25) is 0 Å². The topological polar surface area (TPSA) is 96.5 Å². The number of hydrogen-bond donors (Lipinski definition) is 2. The highest BCUT2D eigenvalue weighted by Gasteiger charge is 2.15. The number of aliphatic carboxylic acids is 1. The molecule has 1 amide bonds. The molecule has 0 saturated heterocycles. The molecule has 0 aliphatic carbocycles. The Bertz CT molecular complexity index is 377. The number of rotatable bonds is 4. The van der Waals surface area contributed by atoms with E-state index in [1.165, 1.54) is 23.3 Å². The molecule has 6 nitrogen and oxygen atoms in total. The molecule has 7 heteroatoms. The molecule has 0 unspecified atom stereocenters. The van der Waals surface area contributed by atoms with Gasteiger partial charge in [0.25, 0.3) is 5.91 Å². The van der Waals surface area contributed by atoms with Gasteiger partial charge in [0.2, 0.25) is 0 Å².